The maximum Gasteiger partial charge on any atom is 0.338 e. The van der Waals surface area contributed by atoms with Crippen molar-refractivity contribution in [1.82, 2.24) is 0 Å². The van der Waals surface area contributed by atoms with Crippen LogP contribution >= 0.6 is 0 Å². The van der Waals surface area contributed by atoms with Gasteiger partial charge in [-0.1, -0.05) is 75.8 Å². The number of hydrogen-bond acceptors (Lipinski definition) is 4. The minimum Gasteiger partial charge on any atom is -0.462 e. The smallest absolute Gasteiger partial charge is 0.338 e. The number of esters is 2. The summed E-state index contributed by atoms with van der Waals surface area (Å²) in [5.41, 5.74) is 2.01. The van der Waals surface area contributed by atoms with Gasteiger partial charge in [0.15, 0.2) is 0 Å². The fourth-order valence-corrected chi connectivity index (χ4v) is 3.04. The molecule has 0 aliphatic carbocycles. The Morgan fingerprint density at radius 2 is 1.17 bits per heavy atom. The third-order valence-corrected chi connectivity index (χ3v) is 4.80. The third kappa shape index (κ3) is 8.95. The van der Waals surface area contributed by atoms with Gasteiger partial charge in [-0.25, -0.2) is 9.59 Å². The van der Waals surface area contributed by atoms with Crippen molar-refractivity contribution in [2.45, 2.75) is 58.3 Å². The summed E-state index contributed by atoms with van der Waals surface area (Å²) in [5, 5.41) is 0. The first-order chi connectivity index (χ1) is 14.2. The highest BCUT2D eigenvalue weighted by atomic mass is 16.5. The van der Waals surface area contributed by atoms with E-state index in [0.717, 1.165) is 18.4 Å². The lowest BCUT2D eigenvalue weighted by Crippen LogP contribution is -2.10. The molecule has 4 heteroatoms. The van der Waals surface area contributed by atoms with Crippen molar-refractivity contribution in [3.8, 4) is 0 Å². The molecule has 2 rings (SSSR count). The van der Waals surface area contributed by atoms with Crippen LogP contribution in [0.5, 0.6) is 0 Å². The van der Waals surface area contributed by atoms with Crippen LogP contribution < -0.4 is 0 Å². The minimum atomic E-state index is -0.385. The van der Waals surface area contributed by atoms with Gasteiger partial charge in [0, 0.05) is 6.42 Å². The lowest BCUT2D eigenvalue weighted by Gasteiger charge is -2.07. The Balaban J connectivity index is 1.65. The molecule has 156 valence electrons. The maximum atomic E-state index is 12.1. The van der Waals surface area contributed by atoms with Gasteiger partial charge in [-0.3, -0.25) is 0 Å². The van der Waals surface area contributed by atoms with Crippen molar-refractivity contribution >= 4 is 11.9 Å². The molecule has 0 heterocycles. The molecular weight excluding hydrogens is 364 g/mol. The second kappa shape index (κ2) is 13.5. The number of ether oxygens (including phenoxy) is 2. The van der Waals surface area contributed by atoms with Crippen LogP contribution in [-0.4, -0.2) is 25.2 Å². The van der Waals surface area contributed by atoms with E-state index < -0.39 is 0 Å². The highest BCUT2D eigenvalue weighted by Gasteiger charge is 2.11. The number of carbonyl (C=O) groups is 2. The molecule has 0 bridgehead atoms. The summed E-state index contributed by atoms with van der Waals surface area (Å²) >= 11 is 0. The van der Waals surface area contributed by atoms with Crippen molar-refractivity contribution in [2.24, 2.45) is 0 Å². The molecule has 0 spiro atoms. The minimum absolute atomic E-state index is 0.324. The largest absolute Gasteiger partial charge is 0.462 e. The predicted molar refractivity (Wildman–Crippen MR) is 115 cm³/mol. The summed E-state index contributed by atoms with van der Waals surface area (Å²) in [6.45, 7) is 2.97. The monoisotopic (exact) mass is 396 g/mol. The molecule has 0 aliphatic heterocycles. The zero-order valence-electron chi connectivity index (χ0n) is 17.4. The van der Waals surface area contributed by atoms with E-state index in [2.05, 4.69) is 6.92 Å². The molecule has 0 radical (unpaired) electrons. The molecule has 0 N–H and O–H groups in total. The summed E-state index contributed by atoms with van der Waals surface area (Å²) in [6, 6.07) is 16.3. The molecule has 2 aromatic rings. The SMILES string of the molecule is CCCCCCCCCOC(=O)c1ccc(C(=O)OCCc2ccccc2)cc1. The molecule has 0 unspecified atom stereocenters. The Bertz CT molecular complexity index is 722. The lowest BCUT2D eigenvalue weighted by molar-refractivity contribution is 0.0487. The summed E-state index contributed by atoms with van der Waals surface area (Å²) in [4.78, 5) is 24.2. The molecule has 0 aliphatic rings. The van der Waals surface area contributed by atoms with Gasteiger partial charge in [0.05, 0.1) is 24.3 Å². The molecule has 0 atom stereocenters. The number of hydrogen-bond donors (Lipinski definition) is 0. The van der Waals surface area contributed by atoms with Crippen LogP contribution in [0.25, 0.3) is 0 Å². The number of unbranched alkanes of at least 4 members (excludes halogenated alkanes) is 6. The van der Waals surface area contributed by atoms with Crippen molar-refractivity contribution in [2.75, 3.05) is 13.2 Å². The Hall–Kier alpha value is -2.62. The maximum absolute atomic E-state index is 12.1. The van der Waals surface area contributed by atoms with Gasteiger partial charge in [0.2, 0.25) is 0 Å². The summed E-state index contributed by atoms with van der Waals surface area (Å²) < 4.78 is 10.6. The zero-order valence-corrected chi connectivity index (χ0v) is 17.4. The van der Waals surface area contributed by atoms with Gasteiger partial charge in [-0.15, -0.1) is 0 Å². The molecule has 29 heavy (non-hydrogen) atoms. The molecule has 2 aromatic carbocycles. The fraction of sp³-hybridized carbons (Fsp3) is 0.440. The number of carbonyl (C=O) groups excluding carboxylic acids is 2. The first-order valence-corrected chi connectivity index (χ1v) is 10.7. The van der Waals surface area contributed by atoms with E-state index in [1.807, 2.05) is 30.3 Å². The third-order valence-electron chi connectivity index (χ3n) is 4.80. The van der Waals surface area contributed by atoms with E-state index in [-0.39, 0.29) is 11.9 Å². The quantitative estimate of drug-likeness (QED) is 0.308. The van der Waals surface area contributed by atoms with Gasteiger partial charge in [0.1, 0.15) is 0 Å². The number of benzene rings is 2. The Labute approximate surface area is 174 Å². The standard InChI is InChI=1S/C25H32O4/c1-2-3-4-5-6-7-11-19-28-24(26)22-14-16-23(17-15-22)25(27)29-20-18-21-12-9-8-10-13-21/h8-10,12-17H,2-7,11,18-20H2,1H3. The van der Waals surface area contributed by atoms with E-state index in [4.69, 9.17) is 9.47 Å². The average molecular weight is 397 g/mol. The van der Waals surface area contributed by atoms with Gasteiger partial charge in [-0.05, 0) is 36.2 Å². The van der Waals surface area contributed by atoms with Crippen LogP contribution in [-0.2, 0) is 15.9 Å². The van der Waals surface area contributed by atoms with Gasteiger partial charge in [-0.2, -0.15) is 0 Å². The van der Waals surface area contributed by atoms with Crippen LogP contribution in [0.15, 0.2) is 54.6 Å². The fourth-order valence-electron chi connectivity index (χ4n) is 3.04. The molecule has 0 aromatic heterocycles. The highest BCUT2D eigenvalue weighted by molar-refractivity contribution is 5.93. The second-order valence-corrected chi connectivity index (χ2v) is 7.21. The summed E-state index contributed by atoms with van der Waals surface area (Å²) in [5.74, 6) is -0.733. The highest BCUT2D eigenvalue weighted by Crippen LogP contribution is 2.10. The second-order valence-electron chi connectivity index (χ2n) is 7.21. The van der Waals surface area contributed by atoms with Crippen LogP contribution in [0.3, 0.4) is 0 Å². The van der Waals surface area contributed by atoms with Crippen molar-refractivity contribution in [1.29, 1.82) is 0 Å². The summed E-state index contributed by atoms with van der Waals surface area (Å²) in [7, 11) is 0. The predicted octanol–water partition coefficient (Wildman–Crippen LogP) is 5.99. The first kappa shape index (κ1) is 22.7. The van der Waals surface area contributed by atoms with Crippen LogP contribution in [0.4, 0.5) is 0 Å². The van der Waals surface area contributed by atoms with E-state index in [9.17, 15) is 9.59 Å². The average Bonchev–Trinajstić information content (AvgIpc) is 2.76. The Morgan fingerprint density at radius 3 is 1.76 bits per heavy atom. The molecule has 4 nitrogen and oxygen atoms in total. The molecule has 0 saturated carbocycles. The van der Waals surface area contributed by atoms with E-state index in [1.54, 1.807) is 24.3 Å². The van der Waals surface area contributed by atoms with Crippen LogP contribution in [0.1, 0.15) is 78.1 Å². The molecule has 0 saturated heterocycles. The van der Waals surface area contributed by atoms with Gasteiger partial charge >= 0.3 is 11.9 Å². The zero-order chi connectivity index (χ0) is 20.7. The first-order valence-electron chi connectivity index (χ1n) is 10.7. The van der Waals surface area contributed by atoms with Crippen molar-refractivity contribution < 1.29 is 19.1 Å². The molecular formula is C25H32O4. The molecule has 0 amide bonds. The van der Waals surface area contributed by atoms with Crippen molar-refractivity contribution in [3.63, 3.8) is 0 Å². The lowest BCUT2D eigenvalue weighted by atomic mass is 10.1. The normalized spacial score (nSPS) is 10.5. The summed E-state index contributed by atoms with van der Waals surface area (Å²) in [6.07, 6.45) is 8.94. The van der Waals surface area contributed by atoms with E-state index in [1.165, 1.54) is 32.1 Å². The van der Waals surface area contributed by atoms with Gasteiger partial charge < -0.3 is 9.47 Å². The van der Waals surface area contributed by atoms with Gasteiger partial charge in [0.25, 0.3) is 0 Å². The van der Waals surface area contributed by atoms with Crippen LogP contribution in [0, 0.1) is 0 Å². The van der Waals surface area contributed by atoms with E-state index in [0.29, 0.717) is 30.8 Å². The number of rotatable bonds is 13. The van der Waals surface area contributed by atoms with E-state index >= 15 is 0 Å². The Morgan fingerprint density at radius 1 is 0.655 bits per heavy atom. The van der Waals surface area contributed by atoms with Crippen LogP contribution in [0.2, 0.25) is 0 Å². The topological polar surface area (TPSA) is 52.6 Å². The van der Waals surface area contributed by atoms with Crippen molar-refractivity contribution in [3.05, 3.63) is 71.3 Å². The molecule has 0 fully saturated rings. The Kier molecular flexibility index (Phi) is 10.6.